The third-order valence-corrected chi connectivity index (χ3v) is 8.99. The van der Waals surface area contributed by atoms with Crippen molar-refractivity contribution in [3.05, 3.63) is 75.2 Å². The molecule has 1 aliphatic rings. The quantitative estimate of drug-likeness (QED) is 0.447. The number of hydrogen-bond donors (Lipinski definition) is 1. The van der Waals surface area contributed by atoms with Gasteiger partial charge in [-0.3, -0.25) is 4.79 Å². The predicted octanol–water partition coefficient (Wildman–Crippen LogP) is 5.73. The van der Waals surface area contributed by atoms with E-state index in [1.165, 1.54) is 9.87 Å². The number of carbonyl (C=O) groups is 1. The van der Waals surface area contributed by atoms with E-state index in [0.29, 0.717) is 25.1 Å². The largest absolute Gasteiger partial charge is 0.355 e. The first kappa shape index (κ1) is 26.8. The molecule has 2 aromatic carbocycles. The first-order valence-electron chi connectivity index (χ1n) is 12.6. The smallest absolute Gasteiger partial charge is 0.248 e. The van der Waals surface area contributed by atoms with Crippen LogP contribution in [-0.2, 0) is 14.8 Å². The van der Waals surface area contributed by atoms with Gasteiger partial charge in [-0.15, -0.1) is 0 Å². The molecule has 3 aromatic rings. The second-order valence-electron chi connectivity index (χ2n) is 10.1. The molecule has 0 saturated carbocycles. The van der Waals surface area contributed by atoms with Crippen molar-refractivity contribution in [1.29, 1.82) is 0 Å². The molecule has 0 radical (unpaired) electrons. The molecule has 1 aliphatic heterocycles. The minimum Gasteiger partial charge on any atom is -0.355 e. The molecule has 1 atom stereocenters. The van der Waals surface area contributed by atoms with E-state index >= 15 is 0 Å². The highest BCUT2D eigenvalue weighted by Crippen LogP contribution is 2.30. The van der Waals surface area contributed by atoms with E-state index in [-0.39, 0.29) is 23.1 Å². The maximum Gasteiger partial charge on any atom is 0.248 e. The summed E-state index contributed by atoms with van der Waals surface area (Å²) >= 11 is 0. The molecule has 7 nitrogen and oxygen atoms in total. The van der Waals surface area contributed by atoms with Crippen molar-refractivity contribution in [2.24, 2.45) is 5.92 Å². The summed E-state index contributed by atoms with van der Waals surface area (Å²) in [6, 6.07) is 10.0. The van der Waals surface area contributed by atoms with Gasteiger partial charge in [0.1, 0.15) is 5.69 Å². The van der Waals surface area contributed by atoms with E-state index in [0.717, 1.165) is 33.5 Å². The topological polar surface area (TPSA) is 92.5 Å². The number of carbonyl (C=O) groups excluding carboxylic acids is 1. The molecule has 0 aliphatic carbocycles. The molecule has 1 saturated heterocycles. The second kappa shape index (κ2) is 10.6. The molecule has 1 aromatic heterocycles. The van der Waals surface area contributed by atoms with Crippen molar-refractivity contribution in [3.8, 4) is 0 Å². The molecule has 1 unspecified atom stereocenters. The molecule has 8 heteroatoms. The lowest BCUT2D eigenvalue weighted by atomic mass is 9.98. The lowest BCUT2D eigenvalue weighted by Crippen LogP contribution is -2.44. The number of nitrogens with zero attached hydrogens (tertiary/aromatic N) is 2. The fourth-order valence-corrected chi connectivity index (χ4v) is 6.88. The molecule has 1 fully saturated rings. The minimum absolute atomic E-state index is 0.0570. The van der Waals surface area contributed by atoms with Crippen LogP contribution in [0.25, 0.3) is 12.2 Å². The summed E-state index contributed by atoms with van der Waals surface area (Å²) in [7, 11) is -3.92. The molecule has 4 rings (SSSR count). The van der Waals surface area contributed by atoms with Crippen LogP contribution in [-0.4, -0.2) is 36.9 Å². The Bertz CT molecular complexity index is 1450. The summed E-state index contributed by atoms with van der Waals surface area (Å²) in [6.07, 6.45) is 4.77. The van der Waals surface area contributed by atoms with Crippen LogP contribution >= 0.6 is 0 Å². The number of nitrogens with one attached hydrogen (secondary N) is 1. The number of anilines is 1. The Hall–Kier alpha value is -3.23. The van der Waals surface area contributed by atoms with Crippen LogP contribution < -0.4 is 5.32 Å². The Morgan fingerprint density at radius 2 is 1.68 bits per heavy atom. The van der Waals surface area contributed by atoms with Crippen LogP contribution in [0.2, 0.25) is 0 Å². The van der Waals surface area contributed by atoms with Gasteiger partial charge in [-0.1, -0.05) is 46.6 Å². The van der Waals surface area contributed by atoms with Crippen LogP contribution in [0, 0.1) is 47.5 Å². The van der Waals surface area contributed by atoms with Gasteiger partial charge in [0.15, 0.2) is 10.7 Å². The lowest BCUT2D eigenvalue weighted by molar-refractivity contribution is -0.120. The van der Waals surface area contributed by atoms with E-state index in [1.807, 2.05) is 58.9 Å². The fraction of sp³-hybridized carbons (Fsp3) is 0.379. The SMILES string of the molecule is Cc1ccc(NC(=O)C2CCCN(S(=O)(=O)c3c(C)noc3C=Cc3c(C)cc(C)cc3C)C2)c(C)c1. The molecule has 1 amide bonds. The molecular formula is C29H35N3O4S. The van der Waals surface area contributed by atoms with Crippen molar-refractivity contribution < 1.29 is 17.7 Å². The highest BCUT2D eigenvalue weighted by Gasteiger charge is 2.37. The zero-order valence-corrected chi connectivity index (χ0v) is 23.2. The number of amides is 1. The Kier molecular flexibility index (Phi) is 7.71. The number of aromatic nitrogens is 1. The van der Waals surface area contributed by atoms with Gasteiger partial charge >= 0.3 is 0 Å². The molecule has 37 heavy (non-hydrogen) atoms. The maximum absolute atomic E-state index is 13.8. The molecular weight excluding hydrogens is 486 g/mol. The van der Waals surface area contributed by atoms with Gasteiger partial charge in [0.05, 0.1) is 5.92 Å². The van der Waals surface area contributed by atoms with Gasteiger partial charge in [0.25, 0.3) is 0 Å². The monoisotopic (exact) mass is 521 g/mol. The minimum atomic E-state index is -3.92. The third-order valence-electron chi connectivity index (χ3n) is 6.97. The molecule has 196 valence electrons. The van der Waals surface area contributed by atoms with E-state index in [2.05, 4.69) is 22.6 Å². The van der Waals surface area contributed by atoms with Crippen molar-refractivity contribution >= 4 is 33.8 Å². The number of aryl methyl sites for hydroxylation is 6. The first-order chi connectivity index (χ1) is 17.5. The summed E-state index contributed by atoms with van der Waals surface area (Å²) in [4.78, 5) is 13.1. The van der Waals surface area contributed by atoms with Gasteiger partial charge in [-0.25, -0.2) is 8.42 Å². The van der Waals surface area contributed by atoms with Crippen LogP contribution in [0.15, 0.2) is 39.8 Å². The maximum atomic E-state index is 13.8. The van der Waals surface area contributed by atoms with Gasteiger partial charge in [0.2, 0.25) is 15.9 Å². The average molecular weight is 522 g/mol. The summed E-state index contributed by atoms with van der Waals surface area (Å²) in [6.45, 7) is 12.1. The Balaban J connectivity index is 1.56. The highest BCUT2D eigenvalue weighted by molar-refractivity contribution is 7.89. The number of hydrogen-bond acceptors (Lipinski definition) is 5. The predicted molar refractivity (Wildman–Crippen MR) is 147 cm³/mol. The zero-order valence-electron chi connectivity index (χ0n) is 22.4. The normalized spacial score (nSPS) is 16.9. The van der Waals surface area contributed by atoms with Gasteiger partial charge in [-0.2, -0.15) is 4.31 Å². The molecule has 1 N–H and O–H groups in total. The standard InChI is InChI=1S/C29H35N3O4S/c1-18-9-11-26(22(5)14-18)30-29(33)24-8-7-13-32(17-24)37(34,35)28-23(6)31-36-27(28)12-10-25-20(3)15-19(2)16-21(25)4/h9-12,14-16,24H,7-8,13,17H2,1-6H3,(H,30,33). The van der Waals surface area contributed by atoms with Crippen molar-refractivity contribution in [1.82, 2.24) is 9.46 Å². The summed E-state index contributed by atoms with van der Waals surface area (Å²) in [5.41, 5.74) is 7.54. The zero-order chi connectivity index (χ0) is 26.9. The van der Waals surface area contributed by atoms with Crippen LogP contribution in [0.1, 0.15) is 57.7 Å². The van der Waals surface area contributed by atoms with Crippen molar-refractivity contribution in [3.63, 3.8) is 0 Å². The molecule has 0 spiro atoms. The Labute approximate surface area is 219 Å². The van der Waals surface area contributed by atoms with Crippen molar-refractivity contribution in [2.45, 2.75) is 59.3 Å². The second-order valence-corrected chi connectivity index (χ2v) is 12.0. The van der Waals surface area contributed by atoms with Crippen LogP contribution in [0.4, 0.5) is 5.69 Å². The summed E-state index contributed by atoms with van der Waals surface area (Å²) < 4.78 is 34.4. The average Bonchev–Trinajstić information content (AvgIpc) is 3.21. The number of piperidine rings is 1. The highest BCUT2D eigenvalue weighted by atomic mass is 32.2. The van der Waals surface area contributed by atoms with E-state index in [1.54, 1.807) is 13.0 Å². The van der Waals surface area contributed by atoms with Crippen LogP contribution in [0.3, 0.4) is 0 Å². The first-order valence-corrected chi connectivity index (χ1v) is 14.0. The van der Waals surface area contributed by atoms with Crippen molar-refractivity contribution in [2.75, 3.05) is 18.4 Å². The Morgan fingerprint density at radius 1 is 1.00 bits per heavy atom. The summed E-state index contributed by atoms with van der Waals surface area (Å²) in [5.74, 6) is -0.417. The number of sulfonamides is 1. The Morgan fingerprint density at radius 3 is 2.35 bits per heavy atom. The van der Waals surface area contributed by atoms with Gasteiger partial charge in [-0.05, 0) is 88.8 Å². The van der Waals surface area contributed by atoms with Gasteiger partial charge in [0, 0.05) is 18.8 Å². The van der Waals surface area contributed by atoms with E-state index in [4.69, 9.17) is 4.52 Å². The molecule has 2 heterocycles. The van der Waals surface area contributed by atoms with E-state index < -0.39 is 15.9 Å². The van der Waals surface area contributed by atoms with Gasteiger partial charge < -0.3 is 9.84 Å². The van der Waals surface area contributed by atoms with E-state index in [9.17, 15) is 13.2 Å². The lowest BCUT2D eigenvalue weighted by Gasteiger charge is -2.31. The molecule has 0 bridgehead atoms. The fourth-order valence-electron chi connectivity index (χ4n) is 5.10. The third kappa shape index (κ3) is 5.70. The van der Waals surface area contributed by atoms with Crippen LogP contribution in [0.5, 0.6) is 0 Å². The number of benzene rings is 2. The number of rotatable bonds is 6. The summed E-state index contributed by atoms with van der Waals surface area (Å²) in [5, 5.41) is 6.95.